The first-order valence-electron chi connectivity index (χ1n) is 6.13. The molecule has 0 fully saturated rings. The topological polar surface area (TPSA) is 95.4 Å². The van der Waals surface area contributed by atoms with E-state index in [9.17, 15) is 4.79 Å². The van der Waals surface area contributed by atoms with Gasteiger partial charge in [-0.1, -0.05) is 27.4 Å². The van der Waals surface area contributed by atoms with Crippen molar-refractivity contribution in [3.8, 4) is 0 Å². The van der Waals surface area contributed by atoms with Crippen molar-refractivity contribution in [2.75, 3.05) is 0 Å². The van der Waals surface area contributed by atoms with E-state index in [1.165, 1.54) is 4.52 Å². The van der Waals surface area contributed by atoms with Crippen LogP contribution in [-0.2, 0) is 16.8 Å². The molecule has 2 aromatic heterocycles. The highest BCUT2D eigenvalue weighted by Gasteiger charge is 2.20. The molecule has 0 unspecified atom stereocenters. The van der Waals surface area contributed by atoms with Crippen molar-refractivity contribution in [1.29, 1.82) is 0 Å². The van der Waals surface area contributed by atoms with Crippen molar-refractivity contribution in [2.24, 2.45) is 5.73 Å². The minimum Gasteiger partial charge on any atom is -0.441 e. The van der Waals surface area contributed by atoms with Crippen LogP contribution in [0.25, 0.3) is 11.7 Å². The van der Waals surface area contributed by atoms with E-state index in [1.54, 1.807) is 6.08 Å². The van der Waals surface area contributed by atoms with Gasteiger partial charge in [-0.3, -0.25) is 0 Å². The summed E-state index contributed by atoms with van der Waals surface area (Å²) >= 11 is 0. The lowest BCUT2D eigenvalue weighted by Crippen LogP contribution is -2.17. The summed E-state index contributed by atoms with van der Waals surface area (Å²) in [6, 6.07) is 1.91. The molecule has 2 aromatic rings. The monoisotopic (exact) mass is 275 g/mol. The number of carbonyl (C=O) groups excluding carboxylic acids is 1. The second-order valence-corrected chi connectivity index (χ2v) is 5.39. The molecule has 0 saturated carbocycles. The average molecular weight is 275 g/mol. The smallest absolute Gasteiger partial charge is 0.404 e. The Morgan fingerprint density at radius 1 is 1.50 bits per heavy atom. The average Bonchev–Trinajstić information content (AvgIpc) is 2.75. The Morgan fingerprint density at radius 3 is 2.75 bits per heavy atom. The Morgan fingerprint density at radius 2 is 2.20 bits per heavy atom. The number of carbonyl (C=O) groups is 1. The second-order valence-electron chi connectivity index (χ2n) is 5.39. The van der Waals surface area contributed by atoms with Crippen LogP contribution in [0.3, 0.4) is 0 Å². The van der Waals surface area contributed by atoms with Crippen LogP contribution < -0.4 is 5.73 Å². The van der Waals surface area contributed by atoms with Crippen molar-refractivity contribution in [1.82, 2.24) is 19.8 Å². The third-order valence-electron chi connectivity index (χ3n) is 2.83. The predicted octanol–water partition coefficient (Wildman–Crippen LogP) is 1.66. The van der Waals surface area contributed by atoms with E-state index in [2.05, 4.69) is 42.6 Å². The van der Waals surface area contributed by atoms with Gasteiger partial charge in [0.1, 0.15) is 0 Å². The third-order valence-corrected chi connectivity index (χ3v) is 2.83. The van der Waals surface area contributed by atoms with Gasteiger partial charge < -0.3 is 10.5 Å². The highest BCUT2D eigenvalue weighted by molar-refractivity contribution is 5.64. The minimum atomic E-state index is -0.864. The Bertz CT molecular complexity index is 669. The van der Waals surface area contributed by atoms with Gasteiger partial charge >= 0.3 is 6.09 Å². The van der Waals surface area contributed by atoms with Gasteiger partial charge in [0.05, 0.1) is 5.69 Å². The quantitative estimate of drug-likeness (QED) is 0.919. The molecule has 2 heterocycles. The largest absolute Gasteiger partial charge is 0.441 e. The highest BCUT2D eigenvalue weighted by Crippen LogP contribution is 2.26. The first kappa shape index (κ1) is 14.0. The maximum Gasteiger partial charge on any atom is 0.404 e. The summed E-state index contributed by atoms with van der Waals surface area (Å²) in [6.45, 7) is 9.96. The van der Waals surface area contributed by atoms with Gasteiger partial charge in [-0.25, -0.2) is 4.79 Å². The zero-order valence-corrected chi connectivity index (χ0v) is 11.8. The maximum atomic E-state index is 10.6. The van der Waals surface area contributed by atoms with E-state index >= 15 is 0 Å². The summed E-state index contributed by atoms with van der Waals surface area (Å²) in [5.74, 6) is 0.405. The number of ether oxygens (including phenoxy) is 1. The van der Waals surface area contributed by atoms with E-state index in [-0.39, 0.29) is 12.0 Å². The molecule has 0 spiro atoms. The molecule has 0 aliphatic carbocycles. The van der Waals surface area contributed by atoms with Crippen LogP contribution in [0.5, 0.6) is 0 Å². The molecule has 0 radical (unpaired) electrons. The number of primary amides is 1. The first-order valence-corrected chi connectivity index (χ1v) is 6.13. The molecule has 0 aliphatic heterocycles. The van der Waals surface area contributed by atoms with Crippen LogP contribution in [0.15, 0.2) is 12.6 Å². The van der Waals surface area contributed by atoms with E-state index < -0.39 is 6.09 Å². The van der Waals surface area contributed by atoms with E-state index in [1.807, 2.05) is 6.07 Å². The molecule has 1 amide bonds. The van der Waals surface area contributed by atoms with Crippen LogP contribution in [0.1, 0.15) is 37.9 Å². The van der Waals surface area contributed by atoms with Crippen LogP contribution in [0, 0.1) is 0 Å². The summed E-state index contributed by atoms with van der Waals surface area (Å²) in [5.41, 5.74) is 7.20. The summed E-state index contributed by atoms with van der Waals surface area (Å²) < 4.78 is 6.24. The molecule has 0 aromatic carbocycles. The maximum absolute atomic E-state index is 10.6. The number of amides is 1. The SMILES string of the molecule is C=Cc1nn2c(COC(N)=O)nnc2cc1C(C)(C)C. The molecule has 0 bridgehead atoms. The van der Waals surface area contributed by atoms with Gasteiger partial charge in [0.25, 0.3) is 0 Å². The fraction of sp³-hybridized carbons (Fsp3) is 0.385. The number of fused-ring (bicyclic) bond motifs is 1. The summed E-state index contributed by atoms with van der Waals surface area (Å²) in [6.07, 6.45) is 0.815. The van der Waals surface area contributed by atoms with Gasteiger partial charge in [0, 0.05) is 0 Å². The predicted molar refractivity (Wildman–Crippen MR) is 73.9 cm³/mol. The van der Waals surface area contributed by atoms with Gasteiger partial charge in [-0.15, -0.1) is 10.2 Å². The number of rotatable bonds is 3. The summed E-state index contributed by atoms with van der Waals surface area (Å²) in [5, 5.41) is 12.4. The second kappa shape index (κ2) is 4.92. The van der Waals surface area contributed by atoms with Crippen LogP contribution >= 0.6 is 0 Å². The number of hydrogen-bond donors (Lipinski definition) is 1. The molecule has 0 saturated heterocycles. The molecule has 2 N–H and O–H groups in total. The van der Waals surface area contributed by atoms with Gasteiger partial charge in [0.2, 0.25) is 0 Å². The van der Waals surface area contributed by atoms with Crippen molar-refractivity contribution in [3.63, 3.8) is 0 Å². The Labute approximate surface area is 116 Å². The fourth-order valence-electron chi connectivity index (χ4n) is 1.87. The number of nitrogens with two attached hydrogens (primary N) is 1. The van der Waals surface area contributed by atoms with Crippen LogP contribution in [0.4, 0.5) is 4.79 Å². The van der Waals surface area contributed by atoms with Crippen molar-refractivity contribution in [3.05, 3.63) is 29.7 Å². The molecule has 0 aliphatic rings. The number of nitrogens with zero attached hydrogens (tertiary/aromatic N) is 4. The third kappa shape index (κ3) is 2.61. The first-order chi connectivity index (χ1) is 9.32. The molecular weight excluding hydrogens is 258 g/mol. The number of aromatic nitrogens is 4. The number of hydrogen-bond acceptors (Lipinski definition) is 5. The fourth-order valence-corrected chi connectivity index (χ4v) is 1.87. The Balaban J connectivity index is 2.52. The molecule has 7 heteroatoms. The van der Waals surface area contributed by atoms with Crippen molar-refractivity contribution < 1.29 is 9.53 Å². The molecular formula is C13H17N5O2. The standard InChI is InChI=1S/C13H17N5O2/c1-5-9-8(13(2,3)4)6-10-15-16-11(18(10)17-9)7-20-12(14)19/h5-6H,1,7H2,2-4H3,(H2,14,19). The molecule has 0 atom stereocenters. The summed E-state index contributed by atoms with van der Waals surface area (Å²) in [4.78, 5) is 10.6. The summed E-state index contributed by atoms with van der Waals surface area (Å²) in [7, 11) is 0. The lowest BCUT2D eigenvalue weighted by Gasteiger charge is -2.20. The molecule has 20 heavy (non-hydrogen) atoms. The van der Waals surface area contributed by atoms with Crippen molar-refractivity contribution >= 4 is 17.8 Å². The van der Waals surface area contributed by atoms with Crippen LogP contribution in [-0.4, -0.2) is 25.9 Å². The van der Waals surface area contributed by atoms with Gasteiger partial charge in [-0.05, 0) is 23.1 Å². The zero-order valence-electron chi connectivity index (χ0n) is 11.8. The van der Waals surface area contributed by atoms with E-state index in [4.69, 9.17) is 10.5 Å². The Hall–Kier alpha value is -2.44. The van der Waals surface area contributed by atoms with Crippen LogP contribution in [0.2, 0.25) is 0 Å². The zero-order chi connectivity index (χ0) is 14.9. The lowest BCUT2D eigenvalue weighted by atomic mass is 9.86. The van der Waals surface area contributed by atoms with Crippen molar-refractivity contribution in [2.45, 2.75) is 32.8 Å². The highest BCUT2D eigenvalue weighted by atomic mass is 16.5. The molecule has 106 valence electrons. The molecule has 2 rings (SSSR count). The molecule has 7 nitrogen and oxygen atoms in total. The van der Waals surface area contributed by atoms with E-state index in [0.29, 0.717) is 11.5 Å². The lowest BCUT2D eigenvalue weighted by molar-refractivity contribution is 0.146. The van der Waals surface area contributed by atoms with Gasteiger partial charge in [0.15, 0.2) is 18.1 Å². The Kier molecular flexibility index (Phi) is 3.44. The minimum absolute atomic E-state index is 0.0745. The van der Waals surface area contributed by atoms with E-state index in [0.717, 1.165) is 11.3 Å². The normalized spacial score (nSPS) is 11.6. The van der Waals surface area contributed by atoms with Gasteiger partial charge in [-0.2, -0.15) is 9.61 Å².